The topological polar surface area (TPSA) is 61.4 Å². The fourth-order valence-electron chi connectivity index (χ4n) is 2.61. The van der Waals surface area contributed by atoms with Crippen LogP contribution in [-0.4, -0.2) is 29.1 Å². The lowest BCUT2D eigenvalue weighted by molar-refractivity contribution is 0.0911. The first-order valence-electron chi connectivity index (χ1n) is 6.84. The van der Waals surface area contributed by atoms with Crippen molar-refractivity contribution in [3.8, 4) is 5.75 Å². The molecule has 1 fully saturated rings. The number of nitrogens with one attached hydrogen (secondary N) is 2. The van der Waals surface area contributed by atoms with E-state index in [0.29, 0.717) is 11.6 Å². The average molecular weight is 262 g/mol. The van der Waals surface area contributed by atoms with Gasteiger partial charge in [0.2, 0.25) is 0 Å². The number of rotatable bonds is 2. The Hall–Kier alpha value is -1.55. The molecule has 4 heteroatoms. The summed E-state index contributed by atoms with van der Waals surface area (Å²) in [7, 11) is 0. The zero-order valence-corrected chi connectivity index (χ0v) is 11.7. The van der Waals surface area contributed by atoms with Gasteiger partial charge >= 0.3 is 0 Å². The first-order valence-corrected chi connectivity index (χ1v) is 6.84. The molecule has 0 spiro atoms. The minimum Gasteiger partial charge on any atom is -0.507 e. The van der Waals surface area contributed by atoms with Gasteiger partial charge in [-0.15, -0.1) is 0 Å². The number of hydrogen-bond acceptors (Lipinski definition) is 3. The van der Waals surface area contributed by atoms with Crippen molar-refractivity contribution in [1.29, 1.82) is 0 Å². The number of phenols is 1. The number of phenolic OH excluding ortho intramolecular Hbond substituents is 1. The largest absolute Gasteiger partial charge is 0.507 e. The molecule has 1 aromatic carbocycles. The highest BCUT2D eigenvalue weighted by molar-refractivity contribution is 5.97. The lowest BCUT2D eigenvalue weighted by atomic mass is 9.95. The molecule has 1 aliphatic heterocycles. The molecule has 1 heterocycles. The van der Waals surface area contributed by atoms with Crippen molar-refractivity contribution in [3.63, 3.8) is 0 Å². The van der Waals surface area contributed by atoms with Crippen molar-refractivity contribution in [1.82, 2.24) is 10.6 Å². The Morgan fingerprint density at radius 1 is 1.37 bits per heavy atom. The Balaban J connectivity index is 2.07. The van der Waals surface area contributed by atoms with E-state index in [9.17, 15) is 9.90 Å². The van der Waals surface area contributed by atoms with Crippen LogP contribution in [0.25, 0.3) is 0 Å². The first-order chi connectivity index (χ1) is 8.99. The van der Waals surface area contributed by atoms with Crippen molar-refractivity contribution in [2.24, 2.45) is 0 Å². The van der Waals surface area contributed by atoms with Gasteiger partial charge in [0.25, 0.3) is 5.91 Å². The third-order valence-electron chi connectivity index (χ3n) is 3.86. The SMILES string of the molecule is Cc1cccc(C(=O)NC2CCC(C)NC2C)c1O. The predicted octanol–water partition coefficient (Wildman–Crippen LogP) is 1.96. The Labute approximate surface area is 114 Å². The van der Waals surface area contributed by atoms with Crippen LogP contribution in [0.15, 0.2) is 18.2 Å². The quantitative estimate of drug-likeness (QED) is 0.763. The average Bonchev–Trinajstić information content (AvgIpc) is 2.36. The number of carbonyl (C=O) groups is 1. The number of piperidine rings is 1. The van der Waals surface area contributed by atoms with Crippen LogP contribution in [0, 0.1) is 6.92 Å². The molecule has 1 amide bonds. The van der Waals surface area contributed by atoms with Crippen molar-refractivity contribution < 1.29 is 9.90 Å². The number of hydrogen-bond donors (Lipinski definition) is 3. The maximum Gasteiger partial charge on any atom is 0.255 e. The third kappa shape index (κ3) is 3.07. The molecule has 3 atom stereocenters. The van der Waals surface area contributed by atoms with Gasteiger partial charge in [-0.3, -0.25) is 4.79 Å². The van der Waals surface area contributed by atoms with Gasteiger partial charge in [0, 0.05) is 18.1 Å². The molecular weight excluding hydrogens is 240 g/mol. The number of aromatic hydroxyl groups is 1. The summed E-state index contributed by atoms with van der Waals surface area (Å²) >= 11 is 0. The van der Waals surface area contributed by atoms with Crippen LogP contribution in [-0.2, 0) is 0 Å². The summed E-state index contributed by atoms with van der Waals surface area (Å²) in [5, 5.41) is 16.4. The Morgan fingerprint density at radius 2 is 2.11 bits per heavy atom. The van der Waals surface area contributed by atoms with Crippen molar-refractivity contribution >= 4 is 5.91 Å². The summed E-state index contributed by atoms with van der Waals surface area (Å²) in [6.45, 7) is 6.02. The minimum atomic E-state index is -0.200. The third-order valence-corrected chi connectivity index (χ3v) is 3.86. The van der Waals surface area contributed by atoms with Crippen molar-refractivity contribution in [2.75, 3.05) is 0 Å². The normalized spacial score (nSPS) is 27.0. The number of aryl methyl sites for hydroxylation is 1. The van der Waals surface area contributed by atoms with E-state index in [2.05, 4.69) is 24.5 Å². The van der Waals surface area contributed by atoms with Crippen molar-refractivity contribution in [2.45, 2.75) is 51.7 Å². The zero-order chi connectivity index (χ0) is 14.0. The van der Waals surface area contributed by atoms with E-state index in [0.717, 1.165) is 18.4 Å². The first kappa shape index (κ1) is 13.9. The Morgan fingerprint density at radius 3 is 2.79 bits per heavy atom. The second kappa shape index (κ2) is 5.61. The monoisotopic (exact) mass is 262 g/mol. The standard InChI is InChI=1S/C15H22N2O2/c1-9-5-4-6-12(14(9)18)15(19)17-13-8-7-10(2)16-11(13)3/h4-6,10-11,13,16,18H,7-8H2,1-3H3,(H,17,19). The second-order valence-electron chi connectivity index (χ2n) is 5.48. The number of carbonyl (C=O) groups excluding carboxylic acids is 1. The van der Waals surface area contributed by atoms with E-state index in [1.165, 1.54) is 0 Å². The van der Waals surface area contributed by atoms with Crippen LogP contribution >= 0.6 is 0 Å². The molecule has 1 saturated heterocycles. The summed E-state index contributed by atoms with van der Waals surface area (Å²) in [5.74, 6) is -0.126. The Bertz CT molecular complexity index is 473. The lowest BCUT2D eigenvalue weighted by Crippen LogP contribution is -2.54. The molecule has 1 aromatic rings. The summed E-state index contributed by atoms with van der Waals surface area (Å²) in [6.07, 6.45) is 2.02. The molecular formula is C15H22N2O2. The van der Waals surface area contributed by atoms with Gasteiger partial charge < -0.3 is 15.7 Å². The van der Waals surface area contributed by atoms with E-state index in [-0.39, 0.29) is 23.7 Å². The molecule has 0 aromatic heterocycles. The molecule has 3 unspecified atom stereocenters. The number of amides is 1. The van der Waals surface area contributed by atoms with Crippen LogP contribution in [0.4, 0.5) is 0 Å². The molecule has 4 nitrogen and oxygen atoms in total. The highest BCUT2D eigenvalue weighted by Crippen LogP contribution is 2.22. The molecule has 104 valence electrons. The molecule has 0 saturated carbocycles. The lowest BCUT2D eigenvalue weighted by Gasteiger charge is -2.34. The van der Waals surface area contributed by atoms with Crippen LogP contribution in [0.2, 0.25) is 0 Å². The van der Waals surface area contributed by atoms with Crippen molar-refractivity contribution in [3.05, 3.63) is 29.3 Å². The maximum absolute atomic E-state index is 12.2. The van der Waals surface area contributed by atoms with Gasteiger partial charge in [-0.2, -0.15) is 0 Å². The van der Waals surface area contributed by atoms with E-state index in [1.54, 1.807) is 25.1 Å². The zero-order valence-electron chi connectivity index (χ0n) is 11.7. The fraction of sp³-hybridized carbons (Fsp3) is 0.533. The van der Waals surface area contributed by atoms with E-state index in [1.807, 2.05) is 0 Å². The van der Waals surface area contributed by atoms with Gasteiger partial charge in [0.05, 0.1) is 5.56 Å². The van der Waals surface area contributed by atoms with E-state index >= 15 is 0 Å². The molecule has 1 aliphatic rings. The van der Waals surface area contributed by atoms with Crippen LogP contribution in [0.5, 0.6) is 5.75 Å². The van der Waals surface area contributed by atoms with Gasteiger partial charge in [-0.25, -0.2) is 0 Å². The maximum atomic E-state index is 12.2. The predicted molar refractivity (Wildman–Crippen MR) is 75.4 cm³/mol. The summed E-state index contributed by atoms with van der Waals surface area (Å²) < 4.78 is 0. The van der Waals surface area contributed by atoms with Gasteiger partial charge in [-0.05, 0) is 45.2 Å². The minimum absolute atomic E-state index is 0.0739. The van der Waals surface area contributed by atoms with Gasteiger partial charge in [-0.1, -0.05) is 12.1 Å². The highest BCUT2D eigenvalue weighted by atomic mass is 16.3. The summed E-state index contributed by atoms with van der Waals surface area (Å²) in [4.78, 5) is 12.2. The number of para-hydroxylation sites is 1. The molecule has 3 N–H and O–H groups in total. The van der Waals surface area contributed by atoms with E-state index in [4.69, 9.17) is 0 Å². The molecule has 0 aliphatic carbocycles. The summed E-state index contributed by atoms with van der Waals surface area (Å²) in [6, 6.07) is 6.09. The Kier molecular flexibility index (Phi) is 4.10. The molecule has 0 radical (unpaired) electrons. The van der Waals surface area contributed by atoms with Gasteiger partial charge in [0.15, 0.2) is 0 Å². The van der Waals surface area contributed by atoms with Gasteiger partial charge in [0.1, 0.15) is 5.75 Å². The molecule has 0 bridgehead atoms. The number of benzene rings is 1. The highest BCUT2D eigenvalue weighted by Gasteiger charge is 2.26. The smallest absolute Gasteiger partial charge is 0.255 e. The van der Waals surface area contributed by atoms with Crippen LogP contribution < -0.4 is 10.6 Å². The molecule has 19 heavy (non-hydrogen) atoms. The summed E-state index contributed by atoms with van der Waals surface area (Å²) in [5.41, 5.74) is 1.07. The van der Waals surface area contributed by atoms with E-state index < -0.39 is 0 Å². The second-order valence-corrected chi connectivity index (χ2v) is 5.48. The van der Waals surface area contributed by atoms with Crippen LogP contribution in [0.1, 0.15) is 42.6 Å². The molecule has 2 rings (SSSR count). The van der Waals surface area contributed by atoms with Crippen LogP contribution in [0.3, 0.4) is 0 Å². The fourth-order valence-corrected chi connectivity index (χ4v) is 2.61.